The molecule has 0 saturated heterocycles. The average Bonchev–Trinajstić information content (AvgIpc) is 2.69. The molecule has 2 aromatic rings. The van der Waals surface area contributed by atoms with Crippen molar-refractivity contribution in [1.82, 2.24) is 9.78 Å². The van der Waals surface area contributed by atoms with Crippen LogP contribution in [0.25, 0.3) is 10.9 Å². The van der Waals surface area contributed by atoms with E-state index < -0.39 is 0 Å². The molecule has 0 amide bonds. The van der Waals surface area contributed by atoms with E-state index in [0.717, 1.165) is 38.2 Å². The zero-order valence-corrected chi connectivity index (χ0v) is 11.7. The number of benzene rings is 1. The monoisotopic (exact) mass is 260 g/mol. The van der Waals surface area contributed by atoms with Crippen LogP contribution in [0.5, 0.6) is 0 Å². The van der Waals surface area contributed by atoms with Gasteiger partial charge in [-0.3, -0.25) is 4.68 Å². The molecule has 0 bridgehead atoms. The van der Waals surface area contributed by atoms with Crippen molar-refractivity contribution in [1.29, 1.82) is 0 Å². The van der Waals surface area contributed by atoms with Gasteiger partial charge in [0.1, 0.15) is 12.6 Å². The smallest absolute Gasteiger partial charge is 0.148 e. The van der Waals surface area contributed by atoms with Crippen molar-refractivity contribution in [3.8, 4) is 0 Å². The summed E-state index contributed by atoms with van der Waals surface area (Å²) < 4.78 is 8.24. The molecular formula is C15H22N3O+. The average molecular weight is 260 g/mol. The number of fused-ring (bicyclic) bond motifs is 3. The Kier molecular flexibility index (Phi) is 3.53. The van der Waals surface area contributed by atoms with Crippen molar-refractivity contribution >= 4 is 10.9 Å². The van der Waals surface area contributed by atoms with E-state index in [1.165, 1.54) is 16.0 Å². The first-order chi connectivity index (χ1) is 9.29. The van der Waals surface area contributed by atoms with Gasteiger partial charge in [0.25, 0.3) is 0 Å². The number of likely N-dealkylation sites (N-methyl/N-ethyl adjacent to an activating group) is 1. The summed E-state index contributed by atoms with van der Waals surface area (Å²) in [6.07, 6.45) is 1.21. The Morgan fingerprint density at radius 2 is 2.26 bits per heavy atom. The summed E-state index contributed by atoms with van der Waals surface area (Å²) in [5, 5.41) is 5.97. The highest BCUT2D eigenvalue weighted by Crippen LogP contribution is 2.28. The standard InChI is InChI=1S/C15H21N3O/c1-3-17(2)11-14-15-12-7-4-5-8-13(12)16-18(15)9-6-10-19-14/h4-5,7-8,14H,3,6,9-11H2,1-2H3/p+1. The lowest BCUT2D eigenvalue weighted by molar-refractivity contribution is -0.881. The summed E-state index contributed by atoms with van der Waals surface area (Å²) in [5.41, 5.74) is 2.35. The van der Waals surface area contributed by atoms with Crippen LogP contribution in [-0.4, -0.2) is 36.5 Å². The predicted molar refractivity (Wildman–Crippen MR) is 75.3 cm³/mol. The summed E-state index contributed by atoms with van der Waals surface area (Å²) >= 11 is 0. The summed E-state index contributed by atoms with van der Waals surface area (Å²) in [5.74, 6) is 0. The van der Waals surface area contributed by atoms with Gasteiger partial charge in [0.05, 0.1) is 24.8 Å². The molecule has 0 aliphatic carbocycles. The molecule has 0 fully saturated rings. The van der Waals surface area contributed by atoms with Crippen molar-refractivity contribution in [3.63, 3.8) is 0 Å². The van der Waals surface area contributed by atoms with Crippen molar-refractivity contribution in [2.75, 3.05) is 26.7 Å². The number of quaternary nitrogens is 1. The predicted octanol–water partition coefficient (Wildman–Crippen LogP) is 1.03. The molecule has 2 unspecified atom stereocenters. The first-order valence-corrected chi connectivity index (χ1v) is 7.18. The lowest BCUT2D eigenvalue weighted by Crippen LogP contribution is -3.09. The van der Waals surface area contributed by atoms with Crippen LogP contribution in [0.3, 0.4) is 0 Å². The second-order valence-corrected chi connectivity index (χ2v) is 5.35. The SMILES string of the molecule is CC[NH+](C)CC1OCCCn2nc3ccccc3c21. The third-order valence-electron chi connectivity index (χ3n) is 3.96. The van der Waals surface area contributed by atoms with Gasteiger partial charge in [0, 0.05) is 18.5 Å². The van der Waals surface area contributed by atoms with Crippen molar-refractivity contribution in [2.24, 2.45) is 0 Å². The van der Waals surface area contributed by atoms with Gasteiger partial charge in [-0.2, -0.15) is 5.10 Å². The third-order valence-corrected chi connectivity index (χ3v) is 3.96. The van der Waals surface area contributed by atoms with Crippen LogP contribution in [0.2, 0.25) is 0 Å². The number of nitrogens with one attached hydrogen (secondary N) is 1. The molecule has 1 aromatic carbocycles. The molecular weight excluding hydrogens is 238 g/mol. The fourth-order valence-corrected chi connectivity index (χ4v) is 2.75. The maximum absolute atomic E-state index is 6.09. The number of aromatic nitrogens is 2. The Balaban J connectivity index is 2.04. The minimum Gasteiger partial charge on any atom is -0.366 e. The first-order valence-electron chi connectivity index (χ1n) is 7.18. The van der Waals surface area contributed by atoms with E-state index >= 15 is 0 Å². The van der Waals surface area contributed by atoms with Crippen LogP contribution in [0.4, 0.5) is 0 Å². The molecule has 1 aromatic heterocycles. The highest BCUT2D eigenvalue weighted by atomic mass is 16.5. The minimum absolute atomic E-state index is 0.162. The lowest BCUT2D eigenvalue weighted by atomic mass is 10.1. The molecule has 4 heteroatoms. The van der Waals surface area contributed by atoms with Gasteiger partial charge in [-0.15, -0.1) is 0 Å². The zero-order chi connectivity index (χ0) is 13.2. The zero-order valence-electron chi connectivity index (χ0n) is 11.7. The van der Waals surface area contributed by atoms with E-state index in [2.05, 4.69) is 42.9 Å². The minimum atomic E-state index is 0.162. The van der Waals surface area contributed by atoms with Crippen LogP contribution in [0.1, 0.15) is 25.1 Å². The largest absolute Gasteiger partial charge is 0.366 e. The highest BCUT2D eigenvalue weighted by molar-refractivity contribution is 5.81. The third kappa shape index (κ3) is 2.38. The van der Waals surface area contributed by atoms with E-state index in [1.807, 2.05) is 0 Å². The fourth-order valence-electron chi connectivity index (χ4n) is 2.75. The van der Waals surface area contributed by atoms with E-state index in [1.54, 1.807) is 0 Å². The first kappa shape index (κ1) is 12.6. The van der Waals surface area contributed by atoms with Crippen LogP contribution >= 0.6 is 0 Å². The number of aryl methyl sites for hydroxylation is 1. The second-order valence-electron chi connectivity index (χ2n) is 5.35. The molecule has 3 rings (SSSR count). The highest BCUT2D eigenvalue weighted by Gasteiger charge is 2.26. The number of hydrogen-bond acceptors (Lipinski definition) is 2. The number of nitrogens with zero attached hydrogens (tertiary/aromatic N) is 2. The normalized spacial score (nSPS) is 21.1. The molecule has 4 nitrogen and oxygen atoms in total. The fraction of sp³-hybridized carbons (Fsp3) is 0.533. The van der Waals surface area contributed by atoms with Crippen molar-refractivity contribution in [2.45, 2.75) is 26.0 Å². The molecule has 1 aliphatic rings. The maximum atomic E-state index is 6.09. The molecule has 102 valence electrons. The van der Waals surface area contributed by atoms with E-state index in [-0.39, 0.29) is 6.10 Å². The molecule has 2 heterocycles. The Morgan fingerprint density at radius 3 is 3.11 bits per heavy atom. The van der Waals surface area contributed by atoms with E-state index in [4.69, 9.17) is 9.84 Å². The van der Waals surface area contributed by atoms with Crippen LogP contribution in [-0.2, 0) is 11.3 Å². The Bertz CT molecular complexity index is 564. The van der Waals surface area contributed by atoms with Crippen molar-refractivity contribution in [3.05, 3.63) is 30.0 Å². The summed E-state index contributed by atoms with van der Waals surface area (Å²) in [6, 6.07) is 8.39. The van der Waals surface area contributed by atoms with Gasteiger partial charge in [-0.25, -0.2) is 0 Å². The number of ether oxygens (including phenoxy) is 1. The van der Waals surface area contributed by atoms with Crippen LogP contribution < -0.4 is 4.90 Å². The molecule has 1 N–H and O–H groups in total. The molecule has 0 saturated carbocycles. The van der Waals surface area contributed by atoms with Crippen LogP contribution in [0.15, 0.2) is 24.3 Å². The molecule has 0 radical (unpaired) electrons. The van der Waals surface area contributed by atoms with E-state index in [0.29, 0.717) is 0 Å². The Hall–Kier alpha value is -1.39. The van der Waals surface area contributed by atoms with Gasteiger partial charge < -0.3 is 9.64 Å². The molecule has 19 heavy (non-hydrogen) atoms. The van der Waals surface area contributed by atoms with Crippen LogP contribution in [0, 0.1) is 0 Å². The molecule has 0 spiro atoms. The van der Waals surface area contributed by atoms with Gasteiger partial charge in [0.15, 0.2) is 0 Å². The van der Waals surface area contributed by atoms with Gasteiger partial charge in [-0.1, -0.05) is 18.2 Å². The Labute approximate surface area is 114 Å². The molecule has 2 atom stereocenters. The maximum Gasteiger partial charge on any atom is 0.148 e. The number of hydrogen-bond donors (Lipinski definition) is 1. The van der Waals surface area contributed by atoms with E-state index in [9.17, 15) is 0 Å². The lowest BCUT2D eigenvalue weighted by Gasteiger charge is -2.20. The number of rotatable bonds is 3. The Morgan fingerprint density at radius 1 is 1.42 bits per heavy atom. The van der Waals surface area contributed by atoms with Crippen molar-refractivity contribution < 1.29 is 9.64 Å². The van der Waals surface area contributed by atoms with Gasteiger partial charge >= 0.3 is 0 Å². The van der Waals surface area contributed by atoms with Gasteiger partial charge in [0.2, 0.25) is 0 Å². The molecule has 1 aliphatic heterocycles. The van der Waals surface area contributed by atoms with Gasteiger partial charge in [-0.05, 0) is 19.4 Å². The summed E-state index contributed by atoms with van der Waals surface area (Å²) in [6.45, 7) is 6.13. The quantitative estimate of drug-likeness (QED) is 0.894. The topological polar surface area (TPSA) is 31.5 Å². The summed E-state index contributed by atoms with van der Waals surface area (Å²) in [7, 11) is 2.22. The second kappa shape index (κ2) is 5.31. The summed E-state index contributed by atoms with van der Waals surface area (Å²) in [4.78, 5) is 1.49.